The van der Waals surface area contributed by atoms with Crippen molar-refractivity contribution in [3.63, 3.8) is 0 Å². The van der Waals surface area contributed by atoms with Crippen molar-refractivity contribution >= 4 is 11.6 Å². The smallest absolute Gasteiger partial charge is 0.0461 e. The maximum Gasteiger partial charge on any atom is 0.0461 e. The summed E-state index contributed by atoms with van der Waals surface area (Å²) < 4.78 is 0. The molecular formula is C15H23ClN2. The Morgan fingerprint density at radius 2 is 1.83 bits per heavy atom. The fourth-order valence-corrected chi connectivity index (χ4v) is 3.04. The summed E-state index contributed by atoms with van der Waals surface area (Å²) in [5.74, 6) is 0. The van der Waals surface area contributed by atoms with E-state index in [0.717, 1.165) is 10.6 Å². The first kappa shape index (κ1) is 13.9. The largest absolute Gasteiger partial charge is 0.329 e. The van der Waals surface area contributed by atoms with E-state index in [2.05, 4.69) is 11.4 Å². The van der Waals surface area contributed by atoms with Crippen molar-refractivity contribution in [3.8, 4) is 0 Å². The van der Waals surface area contributed by atoms with E-state index < -0.39 is 0 Å². The van der Waals surface area contributed by atoms with Gasteiger partial charge in [-0.15, -0.1) is 0 Å². The minimum Gasteiger partial charge on any atom is -0.329 e. The number of nitrogens with two attached hydrogens (primary N) is 1. The fraction of sp³-hybridized carbons (Fsp3) is 0.600. The van der Waals surface area contributed by atoms with Crippen molar-refractivity contribution in [1.82, 2.24) is 5.32 Å². The lowest BCUT2D eigenvalue weighted by Gasteiger charge is -2.25. The van der Waals surface area contributed by atoms with Crippen LogP contribution in [0.3, 0.4) is 0 Å². The molecule has 1 aliphatic rings. The molecule has 1 aromatic rings. The third-order valence-electron chi connectivity index (χ3n) is 3.81. The Bertz CT molecular complexity index is 359. The molecule has 0 amide bonds. The van der Waals surface area contributed by atoms with E-state index in [1.54, 1.807) is 0 Å². The molecule has 1 fully saturated rings. The highest BCUT2D eigenvalue weighted by molar-refractivity contribution is 6.31. The molecule has 0 aliphatic heterocycles. The molecule has 1 unspecified atom stereocenters. The molecular weight excluding hydrogens is 244 g/mol. The topological polar surface area (TPSA) is 38.0 Å². The van der Waals surface area contributed by atoms with E-state index in [4.69, 9.17) is 17.3 Å². The summed E-state index contributed by atoms with van der Waals surface area (Å²) in [5.41, 5.74) is 7.04. The maximum atomic E-state index is 6.25. The van der Waals surface area contributed by atoms with Gasteiger partial charge in [-0.2, -0.15) is 0 Å². The van der Waals surface area contributed by atoms with Crippen molar-refractivity contribution in [2.24, 2.45) is 5.73 Å². The van der Waals surface area contributed by atoms with Crippen LogP contribution in [0.4, 0.5) is 0 Å². The normalized spacial score (nSPS) is 19.4. The summed E-state index contributed by atoms with van der Waals surface area (Å²) in [7, 11) is 0. The molecule has 2 rings (SSSR count). The van der Waals surface area contributed by atoms with E-state index >= 15 is 0 Å². The average Bonchev–Trinajstić information content (AvgIpc) is 2.65. The Kier molecular flexibility index (Phi) is 5.48. The highest BCUT2D eigenvalue weighted by Gasteiger charge is 2.18. The molecule has 1 atom stereocenters. The van der Waals surface area contributed by atoms with Crippen LogP contribution in [0.2, 0.25) is 5.02 Å². The minimum absolute atomic E-state index is 0.182. The Labute approximate surface area is 115 Å². The van der Waals surface area contributed by atoms with Gasteiger partial charge in [0.1, 0.15) is 0 Å². The molecule has 0 aromatic heterocycles. The molecule has 3 N–H and O–H groups in total. The lowest BCUT2D eigenvalue weighted by Crippen LogP contribution is -2.36. The molecule has 3 heteroatoms. The first-order valence-electron chi connectivity index (χ1n) is 7.02. The van der Waals surface area contributed by atoms with Crippen LogP contribution in [-0.4, -0.2) is 12.6 Å². The van der Waals surface area contributed by atoms with Crippen molar-refractivity contribution < 1.29 is 0 Å². The molecule has 0 spiro atoms. The van der Waals surface area contributed by atoms with Crippen LogP contribution in [0.5, 0.6) is 0 Å². The highest BCUT2D eigenvalue weighted by atomic mass is 35.5. The van der Waals surface area contributed by atoms with Gasteiger partial charge in [0.2, 0.25) is 0 Å². The predicted molar refractivity (Wildman–Crippen MR) is 77.9 cm³/mol. The van der Waals surface area contributed by atoms with E-state index in [1.165, 1.54) is 38.5 Å². The number of benzene rings is 1. The molecule has 1 saturated carbocycles. The molecule has 0 saturated heterocycles. The number of hydrogen-bond acceptors (Lipinski definition) is 2. The summed E-state index contributed by atoms with van der Waals surface area (Å²) in [4.78, 5) is 0. The minimum atomic E-state index is 0.182. The van der Waals surface area contributed by atoms with Gasteiger partial charge in [0, 0.05) is 23.7 Å². The third kappa shape index (κ3) is 3.71. The Morgan fingerprint density at radius 1 is 1.17 bits per heavy atom. The molecule has 0 heterocycles. The number of hydrogen-bond donors (Lipinski definition) is 2. The number of rotatable bonds is 4. The third-order valence-corrected chi connectivity index (χ3v) is 4.15. The summed E-state index contributed by atoms with van der Waals surface area (Å²) in [6, 6.07) is 8.78. The van der Waals surface area contributed by atoms with Gasteiger partial charge in [-0.25, -0.2) is 0 Å². The van der Waals surface area contributed by atoms with Crippen molar-refractivity contribution in [2.45, 2.75) is 50.6 Å². The summed E-state index contributed by atoms with van der Waals surface area (Å²) in [6.45, 7) is 0.597. The van der Waals surface area contributed by atoms with Gasteiger partial charge in [-0.05, 0) is 24.5 Å². The van der Waals surface area contributed by atoms with Crippen molar-refractivity contribution in [1.29, 1.82) is 0 Å². The Hall–Kier alpha value is -0.570. The predicted octanol–water partition coefficient (Wildman–Crippen LogP) is 3.65. The van der Waals surface area contributed by atoms with Gasteiger partial charge < -0.3 is 11.1 Å². The van der Waals surface area contributed by atoms with Crippen molar-refractivity contribution in [2.75, 3.05) is 6.54 Å². The zero-order chi connectivity index (χ0) is 12.8. The number of nitrogens with one attached hydrogen (secondary N) is 1. The highest BCUT2D eigenvalue weighted by Crippen LogP contribution is 2.25. The van der Waals surface area contributed by atoms with Gasteiger partial charge >= 0.3 is 0 Å². The second kappa shape index (κ2) is 7.13. The standard InChI is InChI=1S/C15H23ClN2/c16-14-10-6-5-9-13(14)15(11-17)18-12-7-3-1-2-4-8-12/h5-6,9-10,12,15,18H,1-4,7-8,11,17H2. The zero-order valence-corrected chi connectivity index (χ0v) is 11.6. The van der Waals surface area contributed by atoms with Gasteiger partial charge in [0.25, 0.3) is 0 Å². The molecule has 1 aromatic carbocycles. The van der Waals surface area contributed by atoms with Gasteiger partial charge in [-0.1, -0.05) is 55.5 Å². The lowest BCUT2D eigenvalue weighted by atomic mass is 10.0. The van der Waals surface area contributed by atoms with Crippen LogP contribution in [0.1, 0.15) is 50.1 Å². The van der Waals surface area contributed by atoms with E-state index in [-0.39, 0.29) is 6.04 Å². The van der Waals surface area contributed by atoms with Gasteiger partial charge in [-0.3, -0.25) is 0 Å². The monoisotopic (exact) mass is 266 g/mol. The van der Waals surface area contributed by atoms with Gasteiger partial charge in [0.15, 0.2) is 0 Å². The van der Waals surface area contributed by atoms with Crippen LogP contribution in [-0.2, 0) is 0 Å². The SMILES string of the molecule is NCC(NC1CCCCCC1)c1ccccc1Cl. The maximum absolute atomic E-state index is 6.25. The quantitative estimate of drug-likeness (QED) is 0.817. The van der Waals surface area contributed by atoms with Crippen LogP contribution in [0.25, 0.3) is 0 Å². The van der Waals surface area contributed by atoms with Crippen LogP contribution < -0.4 is 11.1 Å². The van der Waals surface area contributed by atoms with E-state index in [1.807, 2.05) is 18.2 Å². The second-order valence-corrected chi connectivity index (χ2v) is 5.57. The van der Waals surface area contributed by atoms with Crippen LogP contribution in [0.15, 0.2) is 24.3 Å². The molecule has 18 heavy (non-hydrogen) atoms. The lowest BCUT2D eigenvalue weighted by molar-refractivity contribution is 0.402. The first-order valence-corrected chi connectivity index (χ1v) is 7.39. The Morgan fingerprint density at radius 3 is 2.44 bits per heavy atom. The Balaban J connectivity index is 2.02. The van der Waals surface area contributed by atoms with E-state index in [0.29, 0.717) is 12.6 Å². The average molecular weight is 267 g/mol. The first-order chi connectivity index (χ1) is 8.81. The summed E-state index contributed by atoms with van der Waals surface area (Å²) in [6.07, 6.45) is 7.94. The van der Waals surface area contributed by atoms with E-state index in [9.17, 15) is 0 Å². The van der Waals surface area contributed by atoms with Crippen LogP contribution >= 0.6 is 11.6 Å². The van der Waals surface area contributed by atoms with Gasteiger partial charge in [0.05, 0.1) is 0 Å². The summed E-state index contributed by atoms with van der Waals surface area (Å²) in [5, 5.41) is 4.51. The molecule has 2 nitrogen and oxygen atoms in total. The summed E-state index contributed by atoms with van der Waals surface area (Å²) >= 11 is 6.25. The molecule has 100 valence electrons. The molecule has 1 aliphatic carbocycles. The van der Waals surface area contributed by atoms with Crippen LogP contribution in [0, 0.1) is 0 Å². The fourth-order valence-electron chi connectivity index (χ4n) is 2.77. The second-order valence-electron chi connectivity index (χ2n) is 5.16. The zero-order valence-electron chi connectivity index (χ0n) is 10.9. The molecule has 0 bridgehead atoms. The number of halogens is 1. The molecule has 0 radical (unpaired) electrons. The van der Waals surface area contributed by atoms with Crippen molar-refractivity contribution in [3.05, 3.63) is 34.9 Å².